The van der Waals surface area contributed by atoms with Gasteiger partial charge in [-0.15, -0.1) is 0 Å². The van der Waals surface area contributed by atoms with Crippen LogP contribution in [0.5, 0.6) is 5.75 Å². The molecule has 0 bridgehead atoms. The second-order valence-corrected chi connectivity index (χ2v) is 8.63. The second-order valence-electron chi connectivity index (χ2n) is 8.63. The number of Topliss-reactive ketones (excluding diaryl/α,β-unsaturated/α-hetero) is 1. The summed E-state index contributed by atoms with van der Waals surface area (Å²) in [5.41, 5.74) is 1.89. The molecule has 1 aliphatic rings. The fourth-order valence-corrected chi connectivity index (χ4v) is 4.39. The maximum atomic E-state index is 13.7. The van der Waals surface area contributed by atoms with Crippen molar-refractivity contribution >= 4 is 11.8 Å². The van der Waals surface area contributed by atoms with E-state index in [1.165, 1.54) is 12.5 Å². The number of carbonyl (C=O) groups is 2. The van der Waals surface area contributed by atoms with Crippen LogP contribution in [0.15, 0.2) is 67.0 Å². The SMILES string of the molecule is O=C(c1ccn([C@@H](Cc2ccc(OCc3ccccc3F)cc2)C(=O)O)c1)C1CCCCC1. The summed E-state index contributed by atoms with van der Waals surface area (Å²) < 4.78 is 21.0. The lowest BCUT2D eigenvalue weighted by Gasteiger charge is -2.19. The van der Waals surface area contributed by atoms with E-state index in [1.54, 1.807) is 53.4 Å². The van der Waals surface area contributed by atoms with E-state index in [4.69, 9.17) is 4.74 Å². The van der Waals surface area contributed by atoms with Gasteiger partial charge in [0.1, 0.15) is 24.2 Å². The first-order valence-corrected chi connectivity index (χ1v) is 11.4. The molecule has 1 aromatic heterocycles. The molecule has 6 heteroatoms. The van der Waals surface area contributed by atoms with E-state index in [-0.39, 0.29) is 30.5 Å². The van der Waals surface area contributed by atoms with E-state index in [0.29, 0.717) is 16.9 Å². The van der Waals surface area contributed by atoms with Gasteiger partial charge in [0.05, 0.1) is 0 Å². The van der Waals surface area contributed by atoms with Gasteiger partial charge in [-0.1, -0.05) is 49.6 Å². The van der Waals surface area contributed by atoms with Crippen LogP contribution < -0.4 is 4.74 Å². The molecule has 5 nitrogen and oxygen atoms in total. The molecular formula is C27H28FNO4. The van der Waals surface area contributed by atoms with Crippen LogP contribution in [0.3, 0.4) is 0 Å². The average molecular weight is 450 g/mol. The van der Waals surface area contributed by atoms with Gasteiger partial charge in [0.2, 0.25) is 0 Å². The van der Waals surface area contributed by atoms with Crippen molar-refractivity contribution < 1.29 is 23.8 Å². The Morgan fingerprint density at radius 2 is 1.76 bits per heavy atom. The fourth-order valence-electron chi connectivity index (χ4n) is 4.39. The number of ether oxygens (including phenoxy) is 1. The number of carbonyl (C=O) groups excluding carboxylic acids is 1. The number of aliphatic carboxylic acids is 1. The van der Waals surface area contributed by atoms with Gasteiger partial charge in [-0.3, -0.25) is 4.79 Å². The number of benzene rings is 2. The smallest absolute Gasteiger partial charge is 0.327 e. The fraction of sp³-hybridized carbons (Fsp3) is 0.333. The number of halogens is 1. The third-order valence-electron chi connectivity index (χ3n) is 6.32. The number of ketones is 1. The molecule has 1 aliphatic carbocycles. The molecule has 2 aromatic carbocycles. The molecule has 0 unspecified atom stereocenters. The molecule has 172 valence electrons. The van der Waals surface area contributed by atoms with Gasteiger partial charge in [-0.2, -0.15) is 0 Å². The Morgan fingerprint density at radius 1 is 1.03 bits per heavy atom. The van der Waals surface area contributed by atoms with E-state index in [1.807, 2.05) is 12.1 Å². The summed E-state index contributed by atoms with van der Waals surface area (Å²) in [7, 11) is 0. The molecule has 0 saturated heterocycles. The minimum Gasteiger partial charge on any atom is -0.489 e. The third kappa shape index (κ3) is 5.69. The number of carboxylic acids is 1. The standard InChI is InChI=1S/C27H28FNO4/c28-24-9-5-4-8-22(24)18-33-23-12-10-19(11-13-23)16-25(27(31)32)29-15-14-21(17-29)26(30)20-6-2-1-3-7-20/h4-5,8-15,17,20,25H,1-3,6-7,16,18H2,(H,31,32)/t25-/m0/s1. The number of aromatic nitrogens is 1. The summed E-state index contributed by atoms with van der Waals surface area (Å²) in [6.07, 6.45) is 8.79. The van der Waals surface area contributed by atoms with Crippen LogP contribution in [-0.2, 0) is 17.8 Å². The summed E-state index contributed by atoms with van der Waals surface area (Å²) in [6.45, 7) is 0.116. The van der Waals surface area contributed by atoms with Crippen molar-refractivity contribution in [3.05, 3.63) is 89.5 Å². The van der Waals surface area contributed by atoms with Crippen molar-refractivity contribution in [2.24, 2.45) is 5.92 Å². The Kier molecular flexibility index (Phi) is 7.23. The molecule has 0 radical (unpaired) electrons. The first-order chi connectivity index (χ1) is 16.0. The number of rotatable bonds is 9. The zero-order valence-corrected chi connectivity index (χ0v) is 18.5. The molecule has 0 aliphatic heterocycles. The maximum absolute atomic E-state index is 13.7. The third-order valence-corrected chi connectivity index (χ3v) is 6.32. The van der Waals surface area contributed by atoms with E-state index >= 15 is 0 Å². The molecule has 4 rings (SSSR count). The van der Waals surface area contributed by atoms with Crippen molar-refractivity contribution in [3.63, 3.8) is 0 Å². The van der Waals surface area contributed by atoms with Crippen LogP contribution in [0.4, 0.5) is 4.39 Å². The quantitative estimate of drug-likeness (QED) is 0.417. The van der Waals surface area contributed by atoms with Crippen LogP contribution in [-0.4, -0.2) is 21.4 Å². The highest BCUT2D eigenvalue weighted by Gasteiger charge is 2.25. The normalized spacial score (nSPS) is 15.2. The van der Waals surface area contributed by atoms with Crippen molar-refractivity contribution in [3.8, 4) is 5.75 Å². The minimum absolute atomic E-state index is 0.0507. The van der Waals surface area contributed by atoms with Gasteiger partial charge in [0.25, 0.3) is 0 Å². The molecule has 1 N–H and O–H groups in total. The molecule has 1 heterocycles. The lowest BCUT2D eigenvalue weighted by molar-refractivity contribution is -0.140. The predicted molar refractivity (Wildman–Crippen MR) is 123 cm³/mol. The first-order valence-electron chi connectivity index (χ1n) is 11.4. The van der Waals surface area contributed by atoms with Crippen LogP contribution in [0.25, 0.3) is 0 Å². The second kappa shape index (κ2) is 10.5. The maximum Gasteiger partial charge on any atom is 0.327 e. The lowest BCUT2D eigenvalue weighted by Crippen LogP contribution is -2.21. The molecule has 1 atom stereocenters. The van der Waals surface area contributed by atoms with E-state index in [9.17, 15) is 19.1 Å². The van der Waals surface area contributed by atoms with Crippen molar-refractivity contribution in [2.45, 2.75) is 51.2 Å². The largest absolute Gasteiger partial charge is 0.489 e. The van der Waals surface area contributed by atoms with Crippen molar-refractivity contribution in [1.82, 2.24) is 4.57 Å². The monoisotopic (exact) mass is 449 g/mol. The predicted octanol–water partition coefficient (Wildman–Crippen LogP) is 5.84. The number of hydrogen-bond donors (Lipinski definition) is 1. The topological polar surface area (TPSA) is 68.5 Å². The van der Waals surface area contributed by atoms with E-state index < -0.39 is 12.0 Å². The van der Waals surface area contributed by atoms with Crippen LogP contribution in [0, 0.1) is 11.7 Å². The minimum atomic E-state index is -0.956. The Labute approximate surface area is 192 Å². The number of carboxylic acid groups (broad SMARTS) is 1. The summed E-state index contributed by atoms with van der Waals surface area (Å²) >= 11 is 0. The van der Waals surface area contributed by atoms with Gasteiger partial charge >= 0.3 is 5.97 Å². The van der Waals surface area contributed by atoms with E-state index in [2.05, 4.69) is 0 Å². The van der Waals surface area contributed by atoms with Gasteiger partial charge < -0.3 is 14.4 Å². The molecule has 1 saturated carbocycles. The van der Waals surface area contributed by atoms with Crippen LogP contribution in [0.2, 0.25) is 0 Å². The van der Waals surface area contributed by atoms with E-state index in [0.717, 1.165) is 31.2 Å². The highest BCUT2D eigenvalue weighted by atomic mass is 19.1. The summed E-state index contributed by atoms with van der Waals surface area (Å²) in [5.74, 6) is -0.521. The van der Waals surface area contributed by atoms with Crippen molar-refractivity contribution in [1.29, 1.82) is 0 Å². The van der Waals surface area contributed by atoms with Gasteiger partial charge in [0, 0.05) is 35.9 Å². The highest BCUT2D eigenvalue weighted by molar-refractivity contribution is 5.97. The summed E-state index contributed by atoms with van der Waals surface area (Å²) in [6, 6.07) is 14.5. The molecular weight excluding hydrogens is 421 g/mol. The molecule has 1 fully saturated rings. The van der Waals surface area contributed by atoms with Crippen LogP contribution >= 0.6 is 0 Å². The Balaban J connectivity index is 1.40. The summed E-state index contributed by atoms with van der Waals surface area (Å²) in [4.78, 5) is 24.8. The van der Waals surface area contributed by atoms with Gasteiger partial charge in [-0.25, -0.2) is 9.18 Å². The Morgan fingerprint density at radius 3 is 2.45 bits per heavy atom. The highest BCUT2D eigenvalue weighted by Crippen LogP contribution is 2.28. The molecule has 33 heavy (non-hydrogen) atoms. The first kappa shape index (κ1) is 22.8. The van der Waals surface area contributed by atoms with Crippen LogP contribution in [0.1, 0.15) is 59.6 Å². The average Bonchev–Trinajstić information content (AvgIpc) is 3.32. The summed E-state index contributed by atoms with van der Waals surface area (Å²) in [5, 5.41) is 9.81. The Bertz CT molecular complexity index is 1100. The zero-order chi connectivity index (χ0) is 23.2. The molecule has 0 amide bonds. The number of hydrogen-bond acceptors (Lipinski definition) is 3. The van der Waals surface area contributed by atoms with Gasteiger partial charge in [-0.05, 0) is 42.7 Å². The lowest BCUT2D eigenvalue weighted by atomic mass is 9.84. The molecule has 0 spiro atoms. The zero-order valence-electron chi connectivity index (χ0n) is 18.5. The molecule has 3 aromatic rings. The van der Waals surface area contributed by atoms with Gasteiger partial charge in [0.15, 0.2) is 5.78 Å². The number of nitrogens with zero attached hydrogens (tertiary/aromatic N) is 1. The van der Waals surface area contributed by atoms with Crippen molar-refractivity contribution in [2.75, 3.05) is 0 Å². The Hall–Kier alpha value is -3.41.